The number of nitrogens with one attached hydrogen (secondary N) is 1. The van der Waals surface area contributed by atoms with Crippen LogP contribution in [-0.4, -0.2) is 65.6 Å². The molecule has 0 aromatic rings. The van der Waals surface area contributed by atoms with Crippen LogP contribution in [0.3, 0.4) is 0 Å². The van der Waals surface area contributed by atoms with Gasteiger partial charge in [0.1, 0.15) is 0 Å². The standard InChI is InChI=1S/C16H30N4O/c1-12(2)18-16(15(17)21)6-5-14(11-16)20-9-7-19(8-10-20)13-3-4-13/h12-14,18H,3-11H2,1-2H3,(H2,17,21). The Balaban J connectivity index is 1.56. The van der Waals surface area contributed by atoms with Crippen LogP contribution in [0.4, 0.5) is 0 Å². The van der Waals surface area contributed by atoms with Crippen molar-refractivity contribution in [3.63, 3.8) is 0 Å². The fraction of sp³-hybridized carbons (Fsp3) is 0.938. The Bertz CT molecular complexity index is 388. The smallest absolute Gasteiger partial charge is 0.237 e. The molecule has 3 rings (SSSR count). The van der Waals surface area contributed by atoms with Crippen molar-refractivity contribution in [2.75, 3.05) is 26.2 Å². The predicted octanol–water partition coefficient (Wildman–Crippen LogP) is 0.541. The summed E-state index contributed by atoms with van der Waals surface area (Å²) in [6.07, 6.45) is 5.64. The first-order chi connectivity index (χ1) is 10.00. The average molecular weight is 294 g/mol. The highest BCUT2D eigenvalue weighted by Gasteiger charge is 2.46. The second kappa shape index (κ2) is 5.86. The van der Waals surface area contributed by atoms with Gasteiger partial charge in [0.2, 0.25) is 5.91 Å². The van der Waals surface area contributed by atoms with Crippen LogP contribution in [-0.2, 0) is 4.79 Å². The van der Waals surface area contributed by atoms with Crippen LogP contribution in [0.25, 0.3) is 0 Å². The molecule has 2 atom stereocenters. The van der Waals surface area contributed by atoms with Crippen LogP contribution < -0.4 is 11.1 Å². The van der Waals surface area contributed by atoms with E-state index in [2.05, 4.69) is 29.0 Å². The van der Waals surface area contributed by atoms with E-state index < -0.39 is 5.54 Å². The maximum absolute atomic E-state index is 12.0. The molecule has 5 heteroatoms. The van der Waals surface area contributed by atoms with Gasteiger partial charge in [-0.15, -0.1) is 0 Å². The van der Waals surface area contributed by atoms with Crippen LogP contribution in [0.15, 0.2) is 0 Å². The van der Waals surface area contributed by atoms with Crippen molar-refractivity contribution in [3.8, 4) is 0 Å². The number of rotatable bonds is 5. The van der Waals surface area contributed by atoms with E-state index >= 15 is 0 Å². The molecular formula is C16H30N4O. The van der Waals surface area contributed by atoms with Gasteiger partial charge < -0.3 is 11.1 Å². The van der Waals surface area contributed by atoms with Crippen LogP contribution in [0, 0.1) is 0 Å². The summed E-state index contributed by atoms with van der Waals surface area (Å²) in [5.41, 5.74) is 5.23. The molecule has 0 bridgehead atoms. The number of amides is 1. The summed E-state index contributed by atoms with van der Waals surface area (Å²) < 4.78 is 0. The van der Waals surface area contributed by atoms with Crippen molar-refractivity contribution >= 4 is 5.91 Å². The summed E-state index contributed by atoms with van der Waals surface area (Å²) in [6.45, 7) is 8.87. The van der Waals surface area contributed by atoms with E-state index in [0.29, 0.717) is 12.1 Å². The number of piperazine rings is 1. The number of carbonyl (C=O) groups excluding carboxylic acids is 1. The Hall–Kier alpha value is -0.650. The second-order valence-corrected chi connectivity index (χ2v) is 7.45. The van der Waals surface area contributed by atoms with E-state index in [-0.39, 0.29) is 5.91 Å². The Morgan fingerprint density at radius 1 is 1.10 bits per heavy atom. The molecule has 1 aliphatic heterocycles. The second-order valence-electron chi connectivity index (χ2n) is 7.45. The molecule has 3 aliphatic rings. The number of nitrogens with two attached hydrogens (primary N) is 1. The summed E-state index contributed by atoms with van der Waals surface area (Å²) in [4.78, 5) is 17.2. The number of nitrogens with zero attached hydrogens (tertiary/aromatic N) is 2. The lowest BCUT2D eigenvalue weighted by molar-refractivity contribution is -0.124. The first kappa shape index (κ1) is 15.3. The van der Waals surface area contributed by atoms with Gasteiger partial charge in [0.05, 0.1) is 5.54 Å². The molecule has 2 aliphatic carbocycles. The number of hydrogen-bond donors (Lipinski definition) is 2. The van der Waals surface area contributed by atoms with Crippen molar-refractivity contribution in [3.05, 3.63) is 0 Å². The highest BCUT2D eigenvalue weighted by Crippen LogP contribution is 2.35. The van der Waals surface area contributed by atoms with Crippen LogP contribution in [0.1, 0.15) is 46.0 Å². The Kier molecular flexibility index (Phi) is 4.26. The lowest BCUT2D eigenvalue weighted by atomic mass is 9.95. The SMILES string of the molecule is CC(C)NC1(C(N)=O)CCC(N2CCN(C3CC3)CC2)C1. The molecule has 1 amide bonds. The number of hydrogen-bond acceptors (Lipinski definition) is 4. The molecule has 21 heavy (non-hydrogen) atoms. The number of carbonyl (C=O) groups is 1. The van der Waals surface area contributed by atoms with Crippen molar-refractivity contribution in [2.24, 2.45) is 5.73 Å². The summed E-state index contributed by atoms with van der Waals surface area (Å²) in [6, 6.07) is 1.69. The first-order valence-corrected chi connectivity index (χ1v) is 8.56. The van der Waals surface area contributed by atoms with Crippen LogP contribution in [0.2, 0.25) is 0 Å². The zero-order chi connectivity index (χ0) is 15.0. The maximum atomic E-state index is 12.0. The van der Waals surface area contributed by atoms with Crippen LogP contribution >= 0.6 is 0 Å². The molecule has 0 aromatic heterocycles. The minimum Gasteiger partial charge on any atom is -0.368 e. The van der Waals surface area contributed by atoms with Crippen molar-refractivity contribution in [1.82, 2.24) is 15.1 Å². The van der Waals surface area contributed by atoms with Gasteiger partial charge in [-0.25, -0.2) is 0 Å². The van der Waals surface area contributed by atoms with E-state index in [1.165, 1.54) is 25.9 Å². The summed E-state index contributed by atoms with van der Waals surface area (Å²) in [5.74, 6) is -0.171. The van der Waals surface area contributed by atoms with Gasteiger partial charge in [0, 0.05) is 44.3 Å². The fourth-order valence-electron chi connectivity index (χ4n) is 4.22. The highest BCUT2D eigenvalue weighted by molar-refractivity contribution is 5.85. The average Bonchev–Trinajstić information content (AvgIpc) is 3.20. The molecule has 0 aromatic carbocycles. The quantitative estimate of drug-likeness (QED) is 0.777. The third-order valence-electron chi connectivity index (χ3n) is 5.45. The molecular weight excluding hydrogens is 264 g/mol. The maximum Gasteiger partial charge on any atom is 0.237 e. The molecule has 3 N–H and O–H groups in total. The normalized spacial score (nSPS) is 35.5. The topological polar surface area (TPSA) is 61.6 Å². The Morgan fingerprint density at radius 3 is 2.14 bits per heavy atom. The molecule has 2 unspecified atom stereocenters. The van der Waals surface area contributed by atoms with Gasteiger partial charge in [-0.05, 0) is 46.0 Å². The van der Waals surface area contributed by atoms with Gasteiger partial charge in [-0.3, -0.25) is 14.6 Å². The fourth-order valence-corrected chi connectivity index (χ4v) is 4.22. The monoisotopic (exact) mass is 294 g/mol. The molecule has 3 fully saturated rings. The predicted molar refractivity (Wildman–Crippen MR) is 84.0 cm³/mol. The molecule has 1 saturated heterocycles. The van der Waals surface area contributed by atoms with Gasteiger partial charge in [-0.2, -0.15) is 0 Å². The lowest BCUT2D eigenvalue weighted by Gasteiger charge is -2.39. The van der Waals surface area contributed by atoms with E-state index in [0.717, 1.165) is 38.4 Å². The highest BCUT2D eigenvalue weighted by atomic mass is 16.1. The molecule has 1 heterocycles. The third kappa shape index (κ3) is 3.25. The van der Waals surface area contributed by atoms with Gasteiger partial charge >= 0.3 is 0 Å². The molecule has 0 spiro atoms. The summed E-state index contributed by atoms with van der Waals surface area (Å²) in [5, 5.41) is 3.45. The van der Waals surface area contributed by atoms with Crippen molar-refractivity contribution in [1.29, 1.82) is 0 Å². The van der Waals surface area contributed by atoms with Crippen molar-refractivity contribution in [2.45, 2.75) is 69.6 Å². The first-order valence-electron chi connectivity index (χ1n) is 8.56. The third-order valence-corrected chi connectivity index (χ3v) is 5.45. The van der Waals surface area contributed by atoms with E-state index in [4.69, 9.17) is 5.73 Å². The lowest BCUT2D eigenvalue weighted by Crippen LogP contribution is -2.57. The van der Waals surface area contributed by atoms with Gasteiger partial charge in [0.15, 0.2) is 0 Å². The van der Waals surface area contributed by atoms with Gasteiger partial charge in [0.25, 0.3) is 0 Å². The van der Waals surface area contributed by atoms with Crippen LogP contribution in [0.5, 0.6) is 0 Å². The zero-order valence-electron chi connectivity index (χ0n) is 13.5. The summed E-state index contributed by atoms with van der Waals surface area (Å²) >= 11 is 0. The van der Waals surface area contributed by atoms with Gasteiger partial charge in [-0.1, -0.05) is 0 Å². The van der Waals surface area contributed by atoms with E-state index in [1.807, 2.05) is 0 Å². The minimum atomic E-state index is -0.480. The number of primary amides is 1. The zero-order valence-corrected chi connectivity index (χ0v) is 13.5. The molecule has 2 saturated carbocycles. The Morgan fingerprint density at radius 2 is 1.67 bits per heavy atom. The minimum absolute atomic E-state index is 0.171. The summed E-state index contributed by atoms with van der Waals surface area (Å²) in [7, 11) is 0. The molecule has 0 radical (unpaired) electrons. The largest absolute Gasteiger partial charge is 0.368 e. The van der Waals surface area contributed by atoms with Crippen molar-refractivity contribution < 1.29 is 4.79 Å². The van der Waals surface area contributed by atoms with E-state index in [9.17, 15) is 4.79 Å². The Labute approximate surface area is 128 Å². The molecule has 5 nitrogen and oxygen atoms in total. The molecule has 120 valence electrons. The van der Waals surface area contributed by atoms with E-state index in [1.54, 1.807) is 0 Å².